The number of hydrogen-bond acceptors (Lipinski definition) is 6. The third kappa shape index (κ3) is 5.61. The second-order valence-electron chi connectivity index (χ2n) is 6.51. The molecule has 1 amide bonds. The molecule has 2 N–H and O–H groups in total. The van der Waals surface area contributed by atoms with Crippen molar-refractivity contribution in [1.29, 1.82) is 0 Å². The molecule has 1 atom stereocenters. The van der Waals surface area contributed by atoms with Gasteiger partial charge < -0.3 is 10.6 Å². The first-order valence-corrected chi connectivity index (χ1v) is 9.85. The molecule has 0 spiro atoms. The van der Waals surface area contributed by atoms with E-state index in [4.69, 9.17) is 5.73 Å². The number of sulfonamides is 1. The van der Waals surface area contributed by atoms with Gasteiger partial charge in [-0.05, 0) is 25.8 Å². The van der Waals surface area contributed by atoms with Gasteiger partial charge in [0.25, 0.3) is 5.69 Å². The Morgan fingerprint density at radius 3 is 2.41 bits per heavy atom. The molecular formula is C16H25ClN4O5S. The van der Waals surface area contributed by atoms with Crippen molar-refractivity contribution in [3.8, 4) is 0 Å². The fraction of sp³-hybridized carbons (Fsp3) is 0.562. The number of rotatable bonds is 6. The van der Waals surface area contributed by atoms with E-state index in [1.807, 2.05) is 6.92 Å². The van der Waals surface area contributed by atoms with Crippen molar-refractivity contribution in [2.24, 2.45) is 5.73 Å². The molecule has 0 radical (unpaired) electrons. The van der Waals surface area contributed by atoms with Crippen LogP contribution in [0.25, 0.3) is 0 Å². The van der Waals surface area contributed by atoms with Crippen LogP contribution in [0, 0.1) is 17.0 Å². The van der Waals surface area contributed by atoms with Crippen LogP contribution in [-0.4, -0.2) is 60.7 Å². The second kappa shape index (κ2) is 9.45. The summed E-state index contributed by atoms with van der Waals surface area (Å²) in [6.07, 6.45) is 0.929. The van der Waals surface area contributed by atoms with Gasteiger partial charge in [0.05, 0.1) is 9.82 Å². The van der Waals surface area contributed by atoms with Crippen LogP contribution in [0.4, 0.5) is 5.69 Å². The Balaban J connectivity index is 0.00000364. The number of carbonyl (C=O) groups is 1. The van der Waals surface area contributed by atoms with Gasteiger partial charge in [0.1, 0.15) is 0 Å². The summed E-state index contributed by atoms with van der Waals surface area (Å²) in [5.74, 6) is -0.0362. The summed E-state index contributed by atoms with van der Waals surface area (Å²) in [6.45, 7) is 4.35. The molecule has 0 bridgehead atoms. The number of hydrogen-bond donors (Lipinski definition) is 1. The maximum atomic E-state index is 12.9. The molecule has 0 aromatic heterocycles. The van der Waals surface area contributed by atoms with Gasteiger partial charge >= 0.3 is 0 Å². The Labute approximate surface area is 165 Å². The summed E-state index contributed by atoms with van der Waals surface area (Å²) in [4.78, 5) is 24.0. The maximum Gasteiger partial charge on any atom is 0.270 e. The molecule has 1 aliphatic rings. The zero-order valence-electron chi connectivity index (χ0n) is 15.3. The standard InChI is InChI=1S/C16H24N4O5S.ClH/c1-12-3-5-14(20(22)23)11-15(12)26(24,25)19-9-7-18(8-10-19)16(21)6-4-13(2)17;/h3,5,11,13H,4,6-10,17H2,1-2H3;1H. The van der Waals surface area contributed by atoms with Crippen LogP contribution in [0.5, 0.6) is 0 Å². The minimum Gasteiger partial charge on any atom is -0.340 e. The predicted octanol–water partition coefficient (Wildman–Crippen LogP) is 1.29. The number of piperazine rings is 1. The molecule has 9 nitrogen and oxygen atoms in total. The number of aryl methyl sites for hydroxylation is 1. The van der Waals surface area contributed by atoms with Crippen LogP contribution in [0.2, 0.25) is 0 Å². The average molecular weight is 421 g/mol. The lowest BCUT2D eigenvalue weighted by molar-refractivity contribution is -0.385. The van der Waals surface area contributed by atoms with Gasteiger partial charge in [-0.1, -0.05) is 6.07 Å². The largest absolute Gasteiger partial charge is 0.340 e. The van der Waals surface area contributed by atoms with Crippen molar-refractivity contribution in [3.05, 3.63) is 33.9 Å². The van der Waals surface area contributed by atoms with Crippen LogP contribution >= 0.6 is 12.4 Å². The Morgan fingerprint density at radius 1 is 1.30 bits per heavy atom. The zero-order chi connectivity index (χ0) is 19.5. The van der Waals surface area contributed by atoms with E-state index in [1.54, 1.807) is 11.8 Å². The van der Waals surface area contributed by atoms with Crippen molar-refractivity contribution in [1.82, 2.24) is 9.21 Å². The van der Waals surface area contributed by atoms with E-state index in [2.05, 4.69) is 0 Å². The number of non-ortho nitro benzene ring substituents is 1. The summed E-state index contributed by atoms with van der Waals surface area (Å²) >= 11 is 0. The monoisotopic (exact) mass is 420 g/mol. The maximum absolute atomic E-state index is 12.9. The predicted molar refractivity (Wildman–Crippen MR) is 103 cm³/mol. The van der Waals surface area contributed by atoms with Crippen molar-refractivity contribution in [2.45, 2.75) is 37.6 Å². The van der Waals surface area contributed by atoms with E-state index in [0.717, 1.165) is 6.07 Å². The minimum absolute atomic E-state index is 0. The topological polar surface area (TPSA) is 127 Å². The third-order valence-corrected chi connectivity index (χ3v) is 6.45. The quantitative estimate of drug-likeness (QED) is 0.545. The smallest absolute Gasteiger partial charge is 0.270 e. The SMILES string of the molecule is Cc1ccc([N+](=O)[O-])cc1S(=O)(=O)N1CCN(C(=O)CCC(C)N)CC1.Cl. The summed E-state index contributed by atoms with van der Waals surface area (Å²) in [6, 6.07) is 3.74. The fourth-order valence-corrected chi connectivity index (χ4v) is 4.47. The number of amides is 1. The number of nitro groups is 1. The number of carbonyl (C=O) groups excluding carboxylic acids is 1. The van der Waals surface area contributed by atoms with E-state index in [0.29, 0.717) is 31.5 Å². The number of nitrogens with two attached hydrogens (primary N) is 1. The molecule has 0 saturated carbocycles. The van der Waals surface area contributed by atoms with Crippen LogP contribution in [0.3, 0.4) is 0 Å². The van der Waals surface area contributed by atoms with Gasteiger partial charge in [-0.15, -0.1) is 12.4 Å². The van der Waals surface area contributed by atoms with Crippen molar-refractivity contribution < 1.29 is 18.1 Å². The summed E-state index contributed by atoms with van der Waals surface area (Å²) in [5.41, 5.74) is 5.84. The van der Waals surface area contributed by atoms with E-state index < -0.39 is 14.9 Å². The molecule has 11 heteroatoms. The lowest BCUT2D eigenvalue weighted by Crippen LogP contribution is -2.50. The van der Waals surface area contributed by atoms with Gasteiger partial charge in [-0.3, -0.25) is 14.9 Å². The first-order valence-electron chi connectivity index (χ1n) is 8.41. The van der Waals surface area contributed by atoms with Gasteiger partial charge in [0.15, 0.2) is 0 Å². The molecule has 1 aliphatic heterocycles. The number of halogens is 1. The average Bonchev–Trinajstić information content (AvgIpc) is 2.59. The van der Waals surface area contributed by atoms with E-state index in [-0.39, 0.29) is 48.0 Å². The molecule has 0 aliphatic carbocycles. The minimum atomic E-state index is -3.85. The van der Waals surface area contributed by atoms with Crippen molar-refractivity contribution in [3.63, 3.8) is 0 Å². The molecule has 1 aromatic rings. The highest BCUT2D eigenvalue weighted by atomic mass is 35.5. The molecular weight excluding hydrogens is 396 g/mol. The lowest BCUT2D eigenvalue weighted by Gasteiger charge is -2.34. The highest BCUT2D eigenvalue weighted by Gasteiger charge is 2.32. The molecule has 1 aromatic carbocycles. The van der Waals surface area contributed by atoms with Gasteiger partial charge in [-0.25, -0.2) is 8.42 Å². The van der Waals surface area contributed by atoms with Gasteiger partial charge in [0.2, 0.25) is 15.9 Å². The molecule has 2 rings (SSSR count). The van der Waals surface area contributed by atoms with Crippen molar-refractivity contribution >= 4 is 34.0 Å². The second-order valence-corrected chi connectivity index (χ2v) is 8.41. The highest BCUT2D eigenvalue weighted by molar-refractivity contribution is 7.89. The molecule has 1 saturated heterocycles. The molecule has 1 unspecified atom stereocenters. The Hall–Kier alpha value is -1.75. The van der Waals surface area contributed by atoms with Crippen LogP contribution in [-0.2, 0) is 14.8 Å². The van der Waals surface area contributed by atoms with E-state index in [1.165, 1.54) is 16.4 Å². The third-order valence-electron chi connectivity index (χ3n) is 4.41. The van der Waals surface area contributed by atoms with Gasteiger partial charge in [0, 0.05) is 50.8 Å². The molecule has 152 valence electrons. The van der Waals surface area contributed by atoms with Crippen LogP contribution in [0.1, 0.15) is 25.3 Å². The number of nitro benzene ring substituents is 1. The Morgan fingerprint density at radius 2 is 1.89 bits per heavy atom. The molecule has 1 fully saturated rings. The summed E-state index contributed by atoms with van der Waals surface area (Å²) in [5, 5.41) is 10.9. The summed E-state index contributed by atoms with van der Waals surface area (Å²) in [7, 11) is -3.85. The molecule has 1 heterocycles. The van der Waals surface area contributed by atoms with Crippen LogP contribution in [0.15, 0.2) is 23.1 Å². The first-order chi connectivity index (χ1) is 12.1. The molecule has 27 heavy (non-hydrogen) atoms. The normalized spacial score (nSPS) is 16.5. The zero-order valence-corrected chi connectivity index (χ0v) is 17.0. The Bertz CT molecular complexity index is 792. The van der Waals surface area contributed by atoms with Crippen molar-refractivity contribution in [2.75, 3.05) is 26.2 Å². The first kappa shape index (κ1) is 23.3. The number of benzene rings is 1. The number of nitrogens with zero attached hydrogens (tertiary/aromatic N) is 3. The Kier molecular flexibility index (Phi) is 8.15. The summed E-state index contributed by atoms with van der Waals surface area (Å²) < 4.78 is 27.0. The van der Waals surface area contributed by atoms with Crippen LogP contribution < -0.4 is 5.73 Å². The highest BCUT2D eigenvalue weighted by Crippen LogP contribution is 2.25. The lowest BCUT2D eigenvalue weighted by atomic mass is 10.2. The van der Waals surface area contributed by atoms with Gasteiger partial charge in [-0.2, -0.15) is 4.31 Å². The fourth-order valence-electron chi connectivity index (χ4n) is 2.81. The van der Waals surface area contributed by atoms with E-state index >= 15 is 0 Å². The van der Waals surface area contributed by atoms with E-state index in [9.17, 15) is 23.3 Å².